The van der Waals surface area contributed by atoms with E-state index in [1.807, 2.05) is 0 Å². The summed E-state index contributed by atoms with van der Waals surface area (Å²) >= 11 is 0. The molecular formula is C16H30N2O. The van der Waals surface area contributed by atoms with E-state index in [2.05, 4.69) is 17.1 Å². The molecule has 3 fully saturated rings. The van der Waals surface area contributed by atoms with Gasteiger partial charge >= 0.3 is 0 Å². The Morgan fingerprint density at radius 3 is 2.47 bits per heavy atom. The zero-order valence-corrected chi connectivity index (χ0v) is 12.4. The molecule has 19 heavy (non-hydrogen) atoms. The number of nitrogens with zero attached hydrogens (tertiary/aromatic N) is 1. The second-order valence-electron chi connectivity index (χ2n) is 6.74. The highest BCUT2D eigenvalue weighted by Crippen LogP contribution is 2.29. The van der Waals surface area contributed by atoms with Gasteiger partial charge in [-0.2, -0.15) is 0 Å². The van der Waals surface area contributed by atoms with Crippen LogP contribution >= 0.6 is 0 Å². The van der Waals surface area contributed by atoms with E-state index >= 15 is 0 Å². The van der Waals surface area contributed by atoms with E-state index in [0.717, 1.165) is 18.5 Å². The quantitative estimate of drug-likeness (QED) is 0.791. The molecule has 3 aliphatic rings. The molecule has 0 aromatic heterocycles. The van der Waals surface area contributed by atoms with Crippen LogP contribution in [0.25, 0.3) is 0 Å². The Hall–Kier alpha value is -0.120. The van der Waals surface area contributed by atoms with Gasteiger partial charge in [-0.25, -0.2) is 0 Å². The minimum atomic E-state index is 0.544. The van der Waals surface area contributed by atoms with Crippen molar-refractivity contribution in [1.29, 1.82) is 0 Å². The molecule has 1 saturated carbocycles. The molecule has 3 rings (SSSR count). The number of nitrogens with one attached hydrogen (secondary N) is 1. The standard InChI is InChI=1S/C16H30N2O/c1-2-17-16-7-5-3-4-6-13(16)10-18-11-14-8-9-15(12-18)19-14/h13-17H,2-12H2,1H3. The van der Waals surface area contributed by atoms with Crippen molar-refractivity contribution in [1.82, 2.24) is 10.2 Å². The molecule has 0 radical (unpaired) electrons. The van der Waals surface area contributed by atoms with E-state index in [1.165, 1.54) is 64.6 Å². The van der Waals surface area contributed by atoms with Gasteiger partial charge in [-0.05, 0) is 38.1 Å². The lowest BCUT2D eigenvalue weighted by atomic mass is 9.93. The third-order valence-electron chi connectivity index (χ3n) is 5.24. The molecular weight excluding hydrogens is 236 g/mol. The summed E-state index contributed by atoms with van der Waals surface area (Å²) in [6.07, 6.45) is 10.8. The van der Waals surface area contributed by atoms with Gasteiger partial charge in [-0.15, -0.1) is 0 Å². The van der Waals surface area contributed by atoms with Crippen molar-refractivity contribution >= 4 is 0 Å². The van der Waals surface area contributed by atoms with Crippen molar-refractivity contribution in [2.24, 2.45) is 5.92 Å². The van der Waals surface area contributed by atoms with E-state index in [9.17, 15) is 0 Å². The summed E-state index contributed by atoms with van der Waals surface area (Å²) in [6.45, 7) is 7.04. The molecule has 110 valence electrons. The molecule has 0 aromatic carbocycles. The maximum atomic E-state index is 5.96. The van der Waals surface area contributed by atoms with Crippen molar-refractivity contribution in [3.8, 4) is 0 Å². The molecule has 4 atom stereocenters. The van der Waals surface area contributed by atoms with Crippen molar-refractivity contribution in [2.45, 2.75) is 70.1 Å². The zero-order valence-electron chi connectivity index (χ0n) is 12.4. The largest absolute Gasteiger partial charge is 0.372 e. The predicted molar refractivity (Wildman–Crippen MR) is 78.4 cm³/mol. The molecule has 2 saturated heterocycles. The average molecular weight is 266 g/mol. The van der Waals surface area contributed by atoms with Gasteiger partial charge in [0.2, 0.25) is 0 Å². The van der Waals surface area contributed by atoms with Gasteiger partial charge in [0.05, 0.1) is 12.2 Å². The van der Waals surface area contributed by atoms with Crippen LogP contribution in [0.5, 0.6) is 0 Å². The lowest BCUT2D eigenvalue weighted by Gasteiger charge is -2.36. The molecule has 0 aromatic rings. The minimum absolute atomic E-state index is 0.544. The van der Waals surface area contributed by atoms with Crippen LogP contribution in [0, 0.1) is 5.92 Å². The van der Waals surface area contributed by atoms with Crippen LogP contribution < -0.4 is 5.32 Å². The summed E-state index contributed by atoms with van der Waals surface area (Å²) in [7, 11) is 0. The Labute approximate surface area is 118 Å². The fourth-order valence-electron chi connectivity index (χ4n) is 4.31. The number of rotatable bonds is 4. The zero-order chi connectivity index (χ0) is 13.1. The van der Waals surface area contributed by atoms with Crippen LogP contribution in [0.4, 0.5) is 0 Å². The first-order valence-electron chi connectivity index (χ1n) is 8.46. The van der Waals surface area contributed by atoms with E-state index in [0.29, 0.717) is 12.2 Å². The maximum Gasteiger partial charge on any atom is 0.0707 e. The molecule has 2 bridgehead atoms. The highest BCUT2D eigenvalue weighted by atomic mass is 16.5. The molecule has 1 aliphatic carbocycles. The summed E-state index contributed by atoms with van der Waals surface area (Å²) in [5.41, 5.74) is 0. The average Bonchev–Trinajstić information content (AvgIpc) is 2.61. The van der Waals surface area contributed by atoms with E-state index < -0.39 is 0 Å². The molecule has 1 N–H and O–H groups in total. The third kappa shape index (κ3) is 3.50. The normalized spacial score (nSPS) is 40.3. The number of hydrogen-bond acceptors (Lipinski definition) is 3. The lowest BCUT2D eigenvalue weighted by Crippen LogP contribution is -2.48. The first kappa shape index (κ1) is 13.8. The van der Waals surface area contributed by atoms with Gasteiger partial charge in [-0.1, -0.05) is 26.2 Å². The first-order valence-corrected chi connectivity index (χ1v) is 8.46. The topological polar surface area (TPSA) is 24.5 Å². The highest BCUT2D eigenvalue weighted by molar-refractivity contribution is 4.88. The molecule has 0 amide bonds. The summed E-state index contributed by atoms with van der Waals surface area (Å²) in [5.74, 6) is 0.861. The monoisotopic (exact) mass is 266 g/mol. The lowest BCUT2D eigenvalue weighted by molar-refractivity contribution is -0.0442. The molecule has 3 nitrogen and oxygen atoms in total. The predicted octanol–water partition coefficient (Wildman–Crippen LogP) is 2.41. The second kappa shape index (κ2) is 6.55. The van der Waals surface area contributed by atoms with Crippen LogP contribution in [0.2, 0.25) is 0 Å². The van der Waals surface area contributed by atoms with Crippen LogP contribution in [-0.4, -0.2) is 49.3 Å². The number of fused-ring (bicyclic) bond motifs is 2. The summed E-state index contributed by atoms with van der Waals surface area (Å²) < 4.78 is 5.96. The second-order valence-corrected chi connectivity index (χ2v) is 6.74. The first-order chi connectivity index (χ1) is 9.35. The SMILES string of the molecule is CCNC1CCCCCC1CN1CC2CCC(C1)O2. The number of ether oxygens (including phenoxy) is 1. The van der Waals surface area contributed by atoms with Crippen molar-refractivity contribution in [3.63, 3.8) is 0 Å². The van der Waals surface area contributed by atoms with Crippen LogP contribution in [-0.2, 0) is 4.74 Å². The van der Waals surface area contributed by atoms with Crippen molar-refractivity contribution in [3.05, 3.63) is 0 Å². The maximum absolute atomic E-state index is 5.96. The Morgan fingerprint density at radius 2 is 1.74 bits per heavy atom. The fourth-order valence-corrected chi connectivity index (χ4v) is 4.31. The molecule has 2 heterocycles. The van der Waals surface area contributed by atoms with Gasteiger partial charge in [0, 0.05) is 25.7 Å². The Balaban J connectivity index is 1.56. The Bertz CT molecular complexity index is 272. The summed E-state index contributed by atoms with van der Waals surface area (Å²) in [4.78, 5) is 2.70. The highest BCUT2D eigenvalue weighted by Gasteiger charge is 2.35. The molecule has 3 heteroatoms. The third-order valence-corrected chi connectivity index (χ3v) is 5.24. The molecule has 4 unspecified atom stereocenters. The molecule has 0 spiro atoms. The smallest absolute Gasteiger partial charge is 0.0707 e. The fraction of sp³-hybridized carbons (Fsp3) is 1.00. The summed E-state index contributed by atoms with van der Waals surface area (Å²) in [5, 5.41) is 3.74. The Kier molecular flexibility index (Phi) is 4.78. The van der Waals surface area contributed by atoms with Gasteiger partial charge in [-0.3, -0.25) is 4.90 Å². The van der Waals surface area contributed by atoms with Gasteiger partial charge in [0.15, 0.2) is 0 Å². The van der Waals surface area contributed by atoms with Gasteiger partial charge in [0.1, 0.15) is 0 Å². The van der Waals surface area contributed by atoms with Crippen LogP contribution in [0.3, 0.4) is 0 Å². The van der Waals surface area contributed by atoms with E-state index in [1.54, 1.807) is 0 Å². The van der Waals surface area contributed by atoms with Crippen molar-refractivity contribution < 1.29 is 4.74 Å². The van der Waals surface area contributed by atoms with Gasteiger partial charge < -0.3 is 10.1 Å². The van der Waals surface area contributed by atoms with E-state index in [4.69, 9.17) is 4.74 Å². The van der Waals surface area contributed by atoms with E-state index in [-0.39, 0.29) is 0 Å². The Morgan fingerprint density at radius 1 is 1.00 bits per heavy atom. The number of hydrogen-bond donors (Lipinski definition) is 1. The summed E-state index contributed by atoms with van der Waals surface area (Å²) in [6, 6.07) is 0.757. The minimum Gasteiger partial charge on any atom is -0.372 e. The van der Waals surface area contributed by atoms with Crippen LogP contribution in [0.1, 0.15) is 51.9 Å². The van der Waals surface area contributed by atoms with Gasteiger partial charge in [0.25, 0.3) is 0 Å². The molecule has 2 aliphatic heterocycles. The van der Waals surface area contributed by atoms with Crippen molar-refractivity contribution in [2.75, 3.05) is 26.2 Å². The number of likely N-dealkylation sites (tertiary alicyclic amines) is 1. The van der Waals surface area contributed by atoms with Crippen LogP contribution in [0.15, 0.2) is 0 Å². The number of morpholine rings is 1.